The van der Waals surface area contributed by atoms with E-state index in [9.17, 15) is 17.9 Å². The van der Waals surface area contributed by atoms with Crippen LogP contribution in [0.4, 0.5) is 4.39 Å². The fraction of sp³-hybridized carbons (Fsp3) is 0.400. The number of benzene rings is 1. The van der Waals surface area contributed by atoms with Gasteiger partial charge in [-0.25, -0.2) is 12.8 Å². The molecule has 0 aliphatic rings. The summed E-state index contributed by atoms with van der Waals surface area (Å²) in [7, 11) is -3.15. The van der Waals surface area contributed by atoms with Gasteiger partial charge in [-0.05, 0) is 18.6 Å². The maximum atomic E-state index is 13.4. The van der Waals surface area contributed by atoms with Crippen molar-refractivity contribution in [1.82, 2.24) is 0 Å². The molecule has 0 saturated carbocycles. The zero-order chi connectivity index (χ0) is 12.3. The van der Waals surface area contributed by atoms with Crippen LogP contribution in [-0.2, 0) is 9.84 Å². The summed E-state index contributed by atoms with van der Waals surface area (Å²) in [5.74, 6) is -0.718. The summed E-state index contributed by atoms with van der Waals surface area (Å²) in [4.78, 5) is 0. The van der Waals surface area contributed by atoms with Gasteiger partial charge in [0.15, 0.2) is 0 Å². The van der Waals surface area contributed by atoms with E-state index in [-0.39, 0.29) is 17.7 Å². The first kappa shape index (κ1) is 13.6. The first-order valence-corrected chi connectivity index (χ1v) is 7.46. The second kappa shape index (κ2) is 5.25. The number of hydrogen-bond acceptors (Lipinski definition) is 3. The molecule has 0 heterocycles. The molecule has 6 heteroatoms. The van der Waals surface area contributed by atoms with E-state index < -0.39 is 21.8 Å². The van der Waals surface area contributed by atoms with Gasteiger partial charge in [0.05, 0.1) is 11.9 Å². The highest BCUT2D eigenvalue weighted by Gasteiger charge is 2.17. The van der Waals surface area contributed by atoms with Gasteiger partial charge < -0.3 is 5.11 Å². The molecule has 0 aromatic heterocycles. The van der Waals surface area contributed by atoms with Crippen molar-refractivity contribution >= 4 is 25.8 Å². The van der Waals surface area contributed by atoms with E-state index in [1.165, 1.54) is 12.1 Å². The Labute approximate surface area is 102 Å². The Bertz CT molecular complexity index is 453. The molecule has 0 spiro atoms. The lowest BCUT2D eigenvalue weighted by Gasteiger charge is -2.13. The minimum Gasteiger partial charge on any atom is -0.388 e. The Morgan fingerprint density at radius 3 is 2.62 bits per heavy atom. The van der Waals surface area contributed by atoms with Gasteiger partial charge in [-0.1, -0.05) is 22.0 Å². The van der Waals surface area contributed by atoms with E-state index in [0.717, 1.165) is 6.26 Å². The molecule has 3 nitrogen and oxygen atoms in total. The quantitative estimate of drug-likeness (QED) is 0.926. The van der Waals surface area contributed by atoms with Crippen LogP contribution in [0.2, 0.25) is 0 Å². The molecule has 0 radical (unpaired) electrons. The second-order valence-electron chi connectivity index (χ2n) is 3.57. The van der Waals surface area contributed by atoms with E-state index in [0.29, 0.717) is 4.47 Å². The van der Waals surface area contributed by atoms with Gasteiger partial charge in [-0.2, -0.15) is 0 Å². The minimum atomic E-state index is -3.15. The number of sulfone groups is 1. The third-order valence-electron chi connectivity index (χ3n) is 2.10. The van der Waals surface area contributed by atoms with Gasteiger partial charge in [0.25, 0.3) is 0 Å². The molecule has 16 heavy (non-hydrogen) atoms. The second-order valence-corrected chi connectivity index (χ2v) is 6.68. The highest BCUT2D eigenvalue weighted by Crippen LogP contribution is 2.28. The van der Waals surface area contributed by atoms with Crippen LogP contribution in [0.15, 0.2) is 22.7 Å². The van der Waals surface area contributed by atoms with E-state index in [4.69, 9.17) is 0 Å². The highest BCUT2D eigenvalue weighted by atomic mass is 79.9. The van der Waals surface area contributed by atoms with Gasteiger partial charge >= 0.3 is 0 Å². The number of hydrogen-bond donors (Lipinski definition) is 1. The third kappa shape index (κ3) is 3.84. The van der Waals surface area contributed by atoms with Crippen LogP contribution < -0.4 is 0 Å². The Kier molecular flexibility index (Phi) is 4.46. The smallest absolute Gasteiger partial charge is 0.147 e. The molecule has 1 unspecified atom stereocenters. The SMILES string of the molecule is CS(=O)(=O)CCC(O)c1c(F)cccc1Br. The topological polar surface area (TPSA) is 54.4 Å². The fourth-order valence-electron chi connectivity index (χ4n) is 1.30. The van der Waals surface area contributed by atoms with Crippen molar-refractivity contribution < 1.29 is 17.9 Å². The standard InChI is InChI=1S/C10H12BrFO3S/c1-16(14,15)6-5-9(13)10-7(11)3-2-4-8(10)12/h2-4,9,13H,5-6H2,1H3. The number of aliphatic hydroxyl groups excluding tert-OH is 1. The molecule has 1 N–H and O–H groups in total. The number of aliphatic hydroxyl groups is 1. The molecule has 1 atom stereocenters. The van der Waals surface area contributed by atoms with Crippen molar-refractivity contribution in [2.45, 2.75) is 12.5 Å². The molecule has 0 bridgehead atoms. The molecular formula is C10H12BrFO3S. The van der Waals surface area contributed by atoms with Crippen LogP contribution in [0.3, 0.4) is 0 Å². The summed E-state index contributed by atoms with van der Waals surface area (Å²) >= 11 is 3.12. The van der Waals surface area contributed by atoms with Crippen LogP contribution in [0.5, 0.6) is 0 Å². The summed E-state index contributed by atoms with van der Waals surface area (Å²) in [6, 6.07) is 4.33. The number of rotatable bonds is 4. The monoisotopic (exact) mass is 310 g/mol. The minimum absolute atomic E-state index is 0.0155. The Morgan fingerprint density at radius 1 is 1.50 bits per heavy atom. The van der Waals surface area contributed by atoms with Crippen LogP contribution in [0, 0.1) is 5.82 Å². The molecule has 1 aromatic rings. The summed E-state index contributed by atoms with van der Waals surface area (Å²) < 4.78 is 35.7. The molecule has 1 aromatic carbocycles. The third-order valence-corrected chi connectivity index (χ3v) is 3.76. The molecule has 1 rings (SSSR count). The maximum absolute atomic E-state index is 13.4. The van der Waals surface area contributed by atoms with E-state index in [1.807, 2.05) is 0 Å². The lowest BCUT2D eigenvalue weighted by molar-refractivity contribution is 0.169. The van der Waals surface area contributed by atoms with Crippen molar-refractivity contribution in [3.05, 3.63) is 34.1 Å². The van der Waals surface area contributed by atoms with Gasteiger partial charge in [-0.3, -0.25) is 0 Å². The summed E-state index contributed by atoms with van der Waals surface area (Å²) in [5.41, 5.74) is 0.103. The van der Waals surface area contributed by atoms with Crippen LogP contribution in [0.1, 0.15) is 18.1 Å². The molecule has 0 saturated heterocycles. The summed E-state index contributed by atoms with van der Waals surface area (Å²) in [6.45, 7) is 0. The zero-order valence-electron chi connectivity index (χ0n) is 8.65. The Balaban J connectivity index is 2.85. The summed E-state index contributed by atoms with van der Waals surface area (Å²) in [5, 5.41) is 9.71. The van der Waals surface area contributed by atoms with Crippen molar-refractivity contribution in [2.24, 2.45) is 0 Å². The first-order valence-electron chi connectivity index (χ1n) is 4.61. The lowest BCUT2D eigenvalue weighted by Crippen LogP contribution is -2.10. The highest BCUT2D eigenvalue weighted by molar-refractivity contribution is 9.10. The van der Waals surface area contributed by atoms with Crippen molar-refractivity contribution in [2.75, 3.05) is 12.0 Å². The van der Waals surface area contributed by atoms with Crippen molar-refractivity contribution in [3.8, 4) is 0 Å². The first-order chi connectivity index (χ1) is 7.31. The number of halogens is 2. The van der Waals surface area contributed by atoms with Gasteiger partial charge in [0.2, 0.25) is 0 Å². The van der Waals surface area contributed by atoms with Crippen molar-refractivity contribution in [3.63, 3.8) is 0 Å². The van der Waals surface area contributed by atoms with Crippen LogP contribution in [-0.4, -0.2) is 25.5 Å². The lowest BCUT2D eigenvalue weighted by atomic mass is 10.1. The molecule has 0 aliphatic heterocycles. The van der Waals surface area contributed by atoms with Crippen LogP contribution >= 0.6 is 15.9 Å². The maximum Gasteiger partial charge on any atom is 0.147 e. The van der Waals surface area contributed by atoms with E-state index in [2.05, 4.69) is 15.9 Å². The molecule has 0 aliphatic carbocycles. The molecular weight excluding hydrogens is 299 g/mol. The van der Waals surface area contributed by atoms with Gasteiger partial charge in [-0.15, -0.1) is 0 Å². The fourth-order valence-corrected chi connectivity index (χ4v) is 2.56. The predicted molar refractivity (Wildman–Crippen MR) is 63.4 cm³/mol. The normalized spacial score (nSPS) is 13.8. The van der Waals surface area contributed by atoms with Crippen molar-refractivity contribution in [1.29, 1.82) is 0 Å². The Morgan fingerprint density at radius 2 is 2.12 bits per heavy atom. The average molecular weight is 311 g/mol. The average Bonchev–Trinajstić information content (AvgIpc) is 2.13. The Hall–Kier alpha value is -0.460. The molecule has 90 valence electrons. The zero-order valence-corrected chi connectivity index (χ0v) is 11.1. The summed E-state index contributed by atoms with van der Waals surface area (Å²) in [6.07, 6.45) is -0.0561. The predicted octanol–water partition coefficient (Wildman–Crippen LogP) is 2.06. The van der Waals surface area contributed by atoms with E-state index in [1.54, 1.807) is 6.07 Å². The molecule has 0 amide bonds. The van der Waals surface area contributed by atoms with Gasteiger partial charge in [0.1, 0.15) is 15.7 Å². The van der Waals surface area contributed by atoms with Crippen LogP contribution in [0.25, 0.3) is 0 Å². The largest absolute Gasteiger partial charge is 0.388 e. The molecule has 0 fully saturated rings. The van der Waals surface area contributed by atoms with E-state index >= 15 is 0 Å². The van der Waals surface area contributed by atoms with Gasteiger partial charge in [0, 0.05) is 16.3 Å².